The van der Waals surface area contributed by atoms with Gasteiger partial charge in [0.15, 0.2) is 4.34 Å². The molecule has 0 saturated carbocycles. The second kappa shape index (κ2) is 4.36. The van der Waals surface area contributed by atoms with E-state index in [9.17, 15) is 0 Å². The van der Waals surface area contributed by atoms with Crippen molar-refractivity contribution in [1.29, 1.82) is 0 Å². The molecule has 1 aliphatic heterocycles. The van der Waals surface area contributed by atoms with E-state index in [0.29, 0.717) is 5.25 Å². The fourth-order valence-electron chi connectivity index (χ4n) is 1.19. The van der Waals surface area contributed by atoms with Crippen LogP contribution in [0.2, 0.25) is 0 Å². The van der Waals surface area contributed by atoms with Crippen LogP contribution >= 0.6 is 23.3 Å². The molecule has 1 aromatic rings. The predicted molar refractivity (Wildman–Crippen MR) is 53.0 cm³/mol. The molecule has 72 valence electrons. The molecule has 1 saturated heterocycles. The van der Waals surface area contributed by atoms with Crippen LogP contribution in [-0.4, -0.2) is 33.9 Å². The maximum absolute atomic E-state index is 5.95. The molecule has 1 aliphatic rings. The first kappa shape index (κ1) is 9.39. The van der Waals surface area contributed by atoms with Gasteiger partial charge in [0.05, 0.1) is 11.9 Å². The zero-order valence-corrected chi connectivity index (χ0v) is 8.68. The predicted octanol–water partition coefficient (Wildman–Crippen LogP) is 0.746. The number of nitrogens with zero attached hydrogens (tertiary/aromatic N) is 2. The van der Waals surface area contributed by atoms with Gasteiger partial charge in [0, 0.05) is 12.6 Å². The standard InChI is InChI=1S/C7H11N3OS2/c8-5-1-2-11-3-6(5)12-7-9-4-10-13-7/h4-6H,1-3,8H2. The minimum atomic E-state index is 0.225. The Labute approximate surface area is 85.0 Å². The first-order chi connectivity index (χ1) is 6.36. The van der Waals surface area contributed by atoms with Crippen LogP contribution in [0, 0.1) is 0 Å². The molecule has 2 rings (SSSR count). The van der Waals surface area contributed by atoms with Crippen LogP contribution in [0.15, 0.2) is 10.7 Å². The van der Waals surface area contributed by atoms with Gasteiger partial charge in [-0.25, -0.2) is 4.98 Å². The molecule has 4 nitrogen and oxygen atoms in total. The lowest BCUT2D eigenvalue weighted by Crippen LogP contribution is -2.40. The van der Waals surface area contributed by atoms with Crippen LogP contribution in [0.1, 0.15) is 6.42 Å². The Morgan fingerprint density at radius 2 is 2.62 bits per heavy atom. The van der Waals surface area contributed by atoms with Crippen molar-refractivity contribution in [3.05, 3.63) is 6.33 Å². The molecule has 0 radical (unpaired) electrons. The summed E-state index contributed by atoms with van der Waals surface area (Å²) in [6.07, 6.45) is 2.51. The van der Waals surface area contributed by atoms with Crippen molar-refractivity contribution in [3.8, 4) is 0 Å². The van der Waals surface area contributed by atoms with Gasteiger partial charge in [-0.1, -0.05) is 11.8 Å². The summed E-state index contributed by atoms with van der Waals surface area (Å²) >= 11 is 3.08. The number of nitrogens with two attached hydrogens (primary N) is 1. The van der Waals surface area contributed by atoms with Gasteiger partial charge < -0.3 is 10.5 Å². The Bertz CT molecular complexity index is 254. The van der Waals surface area contributed by atoms with Crippen molar-refractivity contribution in [2.75, 3.05) is 13.2 Å². The van der Waals surface area contributed by atoms with Crippen molar-refractivity contribution < 1.29 is 4.74 Å². The highest BCUT2D eigenvalue weighted by Crippen LogP contribution is 2.28. The highest BCUT2D eigenvalue weighted by atomic mass is 32.2. The molecule has 13 heavy (non-hydrogen) atoms. The summed E-state index contributed by atoms with van der Waals surface area (Å²) in [5.41, 5.74) is 5.95. The number of rotatable bonds is 2. The Morgan fingerprint density at radius 1 is 1.69 bits per heavy atom. The summed E-state index contributed by atoms with van der Waals surface area (Å²) in [4.78, 5) is 4.10. The van der Waals surface area contributed by atoms with Crippen LogP contribution in [0.4, 0.5) is 0 Å². The second-order valence-corrected chi connectivity index (χ2v) is 5.16. The van der Waals surface area contributed by atoms with E-state index in [2.05, 4.69) is 9.36 Å². The second-order valence-electron chi connectivity index (χ2n) is 2.89. The summed E-state index contributed by atoms with van der Waals surface area (Å²) in [5.74, 6) is 0. The third-order valence-corrected chi connectivity index (χ3v) is 4.02. The van der Waals surface area contributed by atoms with Gasteiger partial charge in [-0.15, -0.1) is 0 Å². The molecule has 0 aromatic carbocycles. The first-order valence-electron chi connectivity index (χ1n) is 4.13. The quantitative estimate of drug-likeness (QED) is 0.792. The third kappa shape index (κ3) is 2.40. The highest BCUT2D eigenvalue weighted by Gasteiger charge is 2.24. The van der Waals surface area contributed by atoms with Crippen LogP contribution in [0.25, 0.3) is 0 Å². The molecule has 1 aromatic heterocycles. The molecule has 0 amide bonds. The smallest absolute Gasteiger partial charge is 0.170 e. The molecule has 1 fully saturated rings. The summed E-state index contributed by atoms with van der Waals surface area (Å²) in [6, 6.07) is 0.225. The van der Waals surface area contributed by atoms with E-state index in [0.717, 1.165) is 24.0 Å². The van der Waals surface area contributed by atoms with Crippen LogP contribution in [0.3, 0.4) is 0 Å². The first-order valence-corrected chi connectivity index (χ1v) is 5.78. The maximum atomic E-state index is 5.95. The Morgan fingerprint density at radius 3 is 3.31 bits per heavy atom. The van der Waals surface area contributed by atoms with Crippen molar-refractivity contribution in [3.63, 3.8) is 0 Å². The lowest BCUT2D eigenvalue weighted by Gasteiger charge is -2.26. The van der Waals surface area contributed by atoms with E-state index in [1.807, 2.05) is 0 Å². The van der Waals surface area contributed by atoms with Crippen molar-refractivity contribution in [2.24, 2.45) is 5.73 Å². The molecule has 2 heterocycles. The average molecular weight is 217 g/mol. The summed E-state index contributed by atoms with van der Waals surface area (Å²) in [5, 5.41) is 0.335. The van der Waals surface area contributed by atoms with Gasteiger partial charge in [0.1, 0.15) is 6.33 Å². The largest absolute Gasteiger partial charge is 0.380 e. The lowest BCUT2D eigenvalue weighted by molar-refractivity contribution is 0.0916. The number of hydrogen-bond acceptors (Lipinski definition) is 6. The number of aromatic nitrogens is 2. The Balaban J connectivity index is 1.93. The van der Waals surface area contributed by atoms with E-state index in [4.69, 9.17) is 10.5 Å². The van der Waals surface area contributed by atoms with Gasteiger partial charge >= 0.3 is 0 Å². The van der Waals surface area contributed by atoms with Gasteiger partial charge in [-0.05, 0) is 18.0 Å². The normalized spacial score (nSPS) is 29.0. The fourth-order valence-corrected chi connectivity index (χ4v) is 2.99. The molecular weight excluding hydrogens is 206 g/mol. The fraction of sp³-hybridized carbons (Fsp3) is 0.714. The molecule has 0 bridgehead atoms. The molecular formula is C7H11N3OS2. The monoisotopic (exact) mass is 217 g/mol. The van der Waals surface area contributed by atoms with Crippen LogP contribution in [-0.2, 0) is 4.74 Å². The van der Waals surface area contributed by atoms with Crippen LogP contribution < -0.4 is 5.73 Å². The zero-order valence-electron chi connectivity index (χ0n) is 7.05. The van der Waals surface area contributed by atoms with E-state index in [1.54, 1.807) is 18.1 Å². The minimum Gasteiger partial charge on any atom is -0.380 e. The molecule has 2 N–H and O–H groups in total. The molecule has 2 unspecified atom stereocenters. The van der Waals surface area contributed by atoms with Crippen molar-refractivity contribution in [2.45, 2.75) is 22.1 Å². The van der Waals surface area contributed by atoms with E-state index in [1.165, 1.54) is 11.5 Å². The SMILES string of the molecule is NC1CCOCC1Sc1ncns1. The van der Waals surface area contributed by atoms with Crippen molar-refractivity contribution in [1.82, 2.24) is 9.36 Å². The number of ether oxygens (including phenoxy) is 1. The van der Waals surface area contributed by atoms with E-state index >= 15 is 0 Å². The molecule has 6 heteroatoms. The average Bonchev–Trinajstić information content (AvgIpc) is 2.61. The summed E-state index contributed by atoms with van der Waals surface area (Å²) in [6.45, 7) is 1.51. The molecule has 0 aliphatic carbocycles. The zero-order chi connectivity index (χ0) is 9.10. The maximum Gasteiger partial charge on any atom is 0.170 e. The van der Waals surface area contributed by atoms with Gasteiger partial charge in [0.25, 0.3) is 0 Å². The molecule has 0 spiro atoms. The van der Waals surface area contributed by atoms with E-state index < -0.39 is 0 Å². The Kier molecular flexibility index (Phi) is 3.15. The van der Waals surface area contributed by atoms with Gasteiger partial charge in [0.2, 0.25) is 0 Å². The minimum absolute atomic E-state index is 0.225. The van der Waals surface area contributed by atoms with Gasteiger partial charge in [-0.2, -0.15) is 4.37 Å². The lowest BCUT2D eigenvalue weighted by atomic mass is 10.1. The summed E-state index contributed by atoms with van der Waals surface area (Å²) in [7, 11) is 0. The number of thioether (sulfide) groups is 1. The highest BCUT2D eigenvalue weighted by molar-refractivity contribution is 8.01. The molecule has 2 atom stereocenters. The Hall–Kier alpha value is -0.170. The van der Waals surface area contributed by atoms with E-state index in [-0.39, 0.29) is 6.04 Å². The summed E-state index contributed by atoms with van der Waals surface area (Å²) < 4.78 is 10.3. The van der Waals surface area contributed by atoms with Crippen molar-refractivity contribution >= 4 is 23.3 Å². The topological polar surface area (TPSA) is 61.0 Å². The van der Waals surface area contributed by atoms with Crippen LogP contribution in [0.5, 0.6) is 0 Å². The number of hydrogen-bond donors (Lipinski definition) is 1. The van der Waals surface area contributed by atoms with Gasteiger partial charge in [-0.3, -0.25) is 0 Å². The third-order valence-electron chi connectivity index (χ3n) is 1.95.